The van der Waals surface area contributed by atoms with Gasteiger partial charge >= 0.3 is 0 Å². The molecule has 8 nitrogen and oxygen atoms in total. The van der Waals surface area contributed by atoms with Gasteiger partial charge in [0.25, 0.3) is 0 Å². The van der Waals surface area contributed by atoms with E-state index in [0.29, 0.717) is 18.1 Å². The summed E-state index contributed by atoms with van der Waals surface area (Å²) in [5, 5.41) is 6.84. The fourth-order valence-corrected chi connectivity index (χ4v) is 3.00. The van der Waals surface area contributed by atoms with Crippen LogP contribution in [-0.4, -0.2) is 47.3 Å². The minimum absolute atomic E-state index is 0.0946. The Balaban J connectivity index is 1.28. The number of nitrogens with zero attached hydrogens (tertiary/aromatic N) is 4. The van der Waals surface area contributed by atoms with Gasteiger partial charge in [-0.15, -0.1) is 0 Å². The Morgan fingerprint density at radius 3 is 2.57 bits per heavy atom. The minimum atomic E-state index is -0.0946. The Labute approximate surface area is 162 Å². The first kappa shape index (κ1) is 18.1. The van der Waals surface area contributed by atoms with Gasteiger partial charge in [0, 0.05) is 55.3 Å². The summed E-state index contributed by atoms with van der Waals surface area (Å²) in [5.41, 5.74) is 2.73. The van der Waals surface area contributed by atoms with Crippen molar-refractivity contribution < 1.29 is 14.1 Å². The lowest BCUT2D eigenvalue weighted by Gasteiger charge is -2.28. The molecule has 0 aliphatic carbocycles. The molecule has 0 atom stereocenters. The van der Waals surface area contributed by atoms with Crippen LogP contribution in [0.5, 0.6) is 0 Å². The predicted molar refractivity (Wildman–Crippen MR) is 104 cm³/mol. The van der Waals surface area contributed by atoms with Crippen molar-refractivity contribution in [2.75, 3.05) is 36.5 Å². The van der Waals surface area contributed by atoms with Crippen LogP contribution in [0.2, 0.25) is 0 Å². The van der Waals surface area contributed by atoms with Gasteiger partial charge in [-0.2, -0.15) is 4.98 Å². The van der Waals surface area contributed by atoms with Gasteiger partial charge in [0.2, 0.25) is 17.6 Å². The Kier molecular flexibility index (Phi) is 5.58. The molecule has 8 heteroatoms. The molecule has 3 aromatic rings. The summed E-state index contributed by atoms with van der Waals surface area (Å²) in [6.45, 7) is 3.27. The molecule has 144 valence electrons. The summed E-state index contributed by atoms with van der Waals surface area (Å²) in [6, 6.07) is 11.5. The van der Waals surface area contributed by atoms with Gasteiger partial charge < -0.3 is 19.5 Å². The molecule has 0 radical (unpaired) electrons. The second-order valence-electron chi connectivity index (χ2n) is 6.44. The SMILES string of the molecule is O=C(CCc1nc(-c2ccncc2)no1)Nc1ccc(N2CCOCC2)cc1. The normalized spacial score (nSPS) is 14.1. The Bertz CT molecular complexity index is 905. The number of anilines is 2. The standard InChI is InChI=1S/C20H21N5O3/c26-18(5-6-19-23-20(24-28-19)15-7-9-21-10-8-15)22-16-1-3-17(4-2-16)25-11-13-27-14-12-25/h1-4,7-10H,5-6,11-14H2,(H,22,26). The molecule has 0 spiro atoms. The smallest absolute Gasteiger partial charge is 0.227 e. The van der Waals surface area contributed by atoms with Gasteiger partial charge in [0.1, 0.15) is 0 Å². The molecule has 1 aliphatic heterocycles. The van der Waals surface area contributed by atoms with Gasteiger partial charge in [-0.1, -0.05) is 5.16 Å². The number of nitrogens with one attached hydrogen (secondary N) is 1. The first-order valence-corrected chi connectivity index (χ1v) is 9.23. The number of hydrogen-bond donors (Lipinski definition) is 1. The molecular formula is C20H21N5O3. The number of rotatable bonds is 6. The zero-order chi connectivity index (χ0) is 19.2. The molecule has 1 aliphatic rings. The predicted octanol–water partition coefficient (Wildman–Crippen LogP) is 2.54. The number of carbonyl (C=O) groups excluding carboxylic acids is 1. The van der Waals surface area contributed by atoms with Gasteiger partial charge in [-0.25, -0.2) is 0 Å². The summed E-state index contributed by atoms with van der Waals surface area (Å²) in [7, 11) is 0. The first-order valence-electron chi connectivity index (χ1n) is 9.23. The van der Waals surface area contributed by atoms with E-state index in [9.17, 15) is 4.79 Å². The van der Waals surface area contributed by atoms with Crippen molar-refractivity contribution in [3.8, 4) is 11.4 Å². The molecule has 28 heavy (non-hydrogen) atoms. The molecule has 2 aromatic heterocycles. The Morgan fingerprint density at radius 2 is 1.82 bits per heavy atom. The lowest BCUT2D eigenvalue weighted by atomic mass is 10.2. The highest BCUT2D eigenvalue weighted by molar-refractivity contribution is 5.90. The van der Waals surface area contributed by atoms with Crippen LogP contribution in [0.15, 0.2) is 53.3 Å². The zero-order valence-corrected chi connectivity index (χ0v) is 15.4. The number of hydrogen-bond acceptors (Lipinski definition) is 7. The average Bonchev–Trinajstić information content (AvgIpc) is 3.23. The molecule has 4 rings (SSSR count). The number of amides is 1. The summed E-state index contributed by atoms with van der Waals surface area (Å²) in [4.78, 5) is 22.8. The van der Waals surface area contributed by atoms with E-state index in [0.717, 1.165) is 43.2 Å². The van der Waals surface area contributed by atoms with Crippen molar-refractivity contribution in [1.29, 1.82) is 0 Å². The largest absolute Gasteiger partial charge is 0.378 e. The molecule has 1 N–H and O–H groups in total. The van der Waals surface area contributed by atoms with Crippen LogP contribution in [0.1, 0.15) is 12.3 Å². The topological polar surface area (TPSA) is 93.4 Å². The van der Waals surface area contributed by atoms with Crippen molar-refractivity contribution in [3.05, 3.63) is 54.7 Å². The van der Waals surface area contributed by atoms with Crippen molar-refractivity contribution in [2.45, 2.75) is 12.8 Å². The highest BCUT2D eigenvalue weighted by Gasteiger charge is 2.12. The van der Waals surface area contributed by atoms with E-state index in [2.05, 4.69) is 25.3 Å². The van der Waals surface area contributed by atoms with Crippen LogP contribution >= 0.6 is 0 Å². The second-order valence-corrected chi connectivity index (χ2v) is 6.44. The van der Waals surface area contributed by atoms with Gasteiger partial charge in [-0.05, 0) is 36.4 Å². The number of benzene rings is 1. The Hall–Kier alpha value is -3.26. The molecule has 0 unspecified atom stereocenters. The lowest BCUT2D eigenvalue weighted by Crippen LogP contribution is -2.36. The average molecular weight is 379 g/mol. The summed E-state index contributed by atoms with van der Waals surface area (Å²) in [5.74, 6) is 0.837. The number of aromatic nitrogens is 3. The molecule has 1 saturated heterocycles. The number of ether oxygens (including phenoxy) is 1. The lowest BCUT2D eigenvalue weighted by molar-refractivity contribution is -0.116. The highest BCUT2D eigenvalue weighted by atomic mass is 16.5. The van der Waals surface area contributed by atoms with Crippen LogP contribution in [0, 0.1) is 0 Å². The monoisotopic (exact) mass is 379 g/mol. The fraction of sp³-hybridized carbons (Fsp3) is 0.300. The van der Waals surface area contributed by atoms with E-state index >= 15 is 0 Å². The maximum Gasteiger partial charge on any atom is 0.227 e. The van der Waals surface area contributed by atoms with E-state index in [1.165, 1.54) is 0 Å². The van der Waals surface area contributed by atoms with Crippen molar-refractivity contribution in [2.24, 2.45) is 0 Å². The van der Waals surface area contributed by atoms with E-state index in [-0.39, 0.29) is 12.3 Å². The van der Waals surface area contributed by atoms with Gasteiger partial charge in [0.15, 0.2) is 0 Å². The Morgan fingerprint density at radius 1 is 1.07 bits per heavy atom. The molecule has 0 saturated carbocycles. The van der Waals surface area contributed by atoms with E-state index < -0.39 is 0 Å². The van der Waals surface area contributed by atoms with Crippen LogP contribution in [0.25, 0.3) is 11.4 Å². The van der Waals surface area contributed by atoms with Crippen molar-refractivity contribution in [1.82, 2.24) is 15.1 Å². The van der Waals surface area contributed by atoms with Gasteiger partial charge in [0.05, 0.1) is 13.2 Å². The summed E-state index contributed by atoms with van der Waals surface area (Å²) in [6.07, 6.45) is 3.99. The summed E-state index contributed by atoms with van der Waals surface area (Å²) >= 11 is 0. The van der Waals surface area contributed by atoms with Crippen LogP contribution < -0.4 is 10.2 Å². The molecule has 1 aromatic carbocycles. The maximum atomic E-state index is 12.2. The number of morpholine rings is 1. The van der Waals surface area contributed by atoms with Crippen molar-refractivity contribution in [3.63, 3.8) is 0 Å². The van der Waals surface area contributed by atoms with Crippen molar-refractivity contribution >= 4 is 17.3 Å². The third-order valence-electron chi connectivity index (χ3n) is 4.50. The van der Waals surface area contributed by atoms with E-state index in [4.69, 9.17) is 9.26 Å². The highest BCUT2D eigenvalue weighted by Crippen LogP contribution is 2.19. The van der Waals surface area contributed by atoms with Crippen LogP contribution in [0.3, 0.4) is 0 Å². The quantitative estimate of drug-likeness (QED) is 0.703. The minimum Gasteiger partial charge on any atom is -0.378 e. The molecule has 1 fully saturated rings. The molecule has 1 amide bonds. The van der Waals surface area contributed by atoms with E-state index in [1.54, 1.807) is 12.4 Å². The van der Waals surface area contributed by atoms with Crippen LogP contribution in [0.4, 0.5) is 11.4 Å². The third-order valence-corrected chi connectivity index (χ3v) is 4.50. The van der Waals surface area contributed by atoms with Crippen LogP contribution in [-0.2, 0) is 16.0 Å². The number of aryl methyl sites for hydroxylation is 1. The molecular weight excluding hydrogens is 358 g/mol. The number of pyridine rings is 1. The summed E-state index contributed by atoms with van der Waals surface area (Å²) < 4.78 is 10.6. The third kappa shape index (κ3) is 4.52. The molecule has 0 bridgehead atoms. The zero-order valence-electron chi connectivity index (χ0n) is 15.4. The van der Waals surface area contributed by atoms with Gasteiger partial charge in [-0.3, -0.25) is 9.78 Å². The second kappa shape index (κ2) is 8.62. The number of carbonyl (C=O) groups is 1. The maximum absolute atomic E-state index is 12.2. The fourth-order valence-electron chi connectivity index (χ4n) is 3.00. The van der Waals surface area contributed by atoms with E-state index in [1.807, 2.05) is 36.4 Å². The molecule has 3 heterocycles. The first-order chi connectivity index (χ1) is 13.8.